The lowest BCUT2D eigenvalue weighted by Crippen LogP contribution is -2.53. The largest absolute Gasteiger partial charge is 0.465 e. The van der Waals surface area contributed by atoms with Crippen molar-refractivity contribution in [1.29, 1.82) is 0 Å². The number of carboxylic acid groups (broad SMARTS) is 1. The number of amidine groups is 1. The van der Waals surface area contributed by atoms with E-state index < -0.39 is 36.0 Å². The summed E-state index contributed by atoms with van der Waals surface area (Å²) in [5.74, 6) is 0. The number of rotatable bonds is 4. The predicted octanol–water partition coefficient (Wildman–Crippen LogP) is 3.13. The molecule has 0 radical (unpaired) electrons. The van der Waals surface area contributed by atoms with Crippen LogP contribution < -0.4 is 0 Å². The van der Waals surface area contributed by atoms with Crippen LogP contribution in [0.3, 0.4) is 0 Å². The molecule has 0 spiro atoms. The number of hydrogen-bond acceptors (Lipinski definition) is 5. The fourth-order valence-electron chi connectivity index (χ4n) is 2.91. The lowest BCUT2D eigenvalue weighted by atomic mass is 9.97. The van der Waals surface area contributed by atoms with Crippen LogP contribution in [0.2, 0.25) is 0 Å². The van der Waals surface area contributed by atoms with E-state index in [1.54, 1.807) is 0 Å². The molecule has 1 fully saturated rings. The van der Waals surface area contributed by atoms with E-state index in [0.717, 1.165) is 22.2 Å². The van der Waals surface area contributed by atoms with Crippen LogP contribution in [0, 0.1) is 0 Å². The van der Waals surface area contributed by atoms with Gasteiger partial charge in [0.15, 0.2) is 11.3 Å². The molecule has 3 rings (SSSR count). The molecule has 1 N–H and O–H groups in total. The molecule has 0 saturated carbocycles. The molecule has 2 aliphatic heterocycles. The lowest BCUT2D eigenvalue weighted by Gasteiger charge is -2.39. The smallest absolute Gasteiger partial charge is 0.413 e. The first-order valence-corrected chi connectivity index (χ1v) is 9.05. The zero-order valence-electron chi connectivity index (χ0n) is 14.0. The van der Waals surface area contributed by atoms with Crippen LogP contribution in [0.25, 0.3) is 0 Å². The maximum atomic E-state index is 15.1. The average molecular weight is 368 g/mol. The van der Waals surface area contributed by atoms with Crippen LogP contribution in [0.15, 0.2) is 35.3 Å². The molecule has 1 aromatic rings. The number of alkyl halides is 1. The molecule has 2 heterocycles. The van der Waals surface area contributed by atoms with E-state index in [9.17, 15) is 4.79 Å². The van der Waals surface area contributed by atoms with Crippen LogP contribution in [-0.4, -0.2) is 58.2 Å². The van der Waals surface area contributed by atoms with E-state index in [1.165, 1.54) is 7.05 Å². The van der Waals surface area contributed by atoms with Gasteiger partial charge in [0.2, 0.25) is 0 Å². The molecule has 8 heteroatoms. The minimum Gasteiger partial charge on any atom is -0.465 e. The number of aliphatic imine (C=N–C) groups is 1. The second-order valence-corrected chi connectivity index (χ2v) is 7.08. The third-order valence-electron chi connectivity index (χ3n) is 4.34. The molecule has 2 aliphatic rings. The Bertz CT molecular complexity index is 645. The number of halogens is 1. The highest BCUT2D eigenvalue weighted by molar-refractivity contribution is 8.14. The molecule has 0 unspecified atom stereocenters. The Morgan fingerprint density at radius 3 is 2.80 bits per heavy atom. The van der Waals surface area contributed by atoms with Gasteiger partial charge in [-0.3, -0.25) is 9.89 Å². The number of ether oxygens (including phenoxy) is 2. The normalized spacial score (nSPS) is 31.3. The van der Waals surface area contributed by atoms with Gasteiger partial charge in [-0.25, -0.2) is 9.18 Å². The highest BCUT2D eigenvalue weighted by Crippen LogP contribution is 2.40. The maximum Gasteiger partial charge on any atom is 0.413 e. The van der Waals surface area contributed by atoms with Crippen LogP contribution in [0.4, 0.5) is 9.18 Å². The second kappa shape index (κ2) is 7.72. The minimum atomic E-state index is -1.35. The van der Waals surface area contributed by atoms with Crippen molar-refractivity contribution in [2.75, 3.05) is 7.05 Å². The first-order chi connectivity index (χ1) is 12.0. The SMILES string of the molecule is CC[C@H]1O[C@@H]2SC(N(C)C(=O)O)=N[C@@H]2[C@H](F)[C@@H]1OCc1ccccc1. The second-order valence-electron chi connectivity index (χ2n) is 6.02. The monoisotopic (exact) mass is 368 g/mol. The van der Waals surface area contributed by atoms with Gasteiger partial charge in [0.25, 0.3) is 0 Å². The number of hydrogen-bond donors (Lipinski definition) is 1. The summed E-state index contributed by atoms with van der Waals surface area (Å²) >= 11 is 1.15. The number of carbonyl (C=O) groups is 1. The van der Waals surface area contributed by atoms with Crippen molar-refractivity contribution in [3.8, 4) is 0 Å². The summed E-state index contributed by atoms with van der Waals surface area (Å²) in [6, 6.07) is 8.80. The van der Waals surface area contributed by atoms with Crippen molar-refractivity contribution in [3.63, 3.8) is 0 Å². The first-order valence-electron chi connectivity index (χ1n) is 8.17. The summed E-state index contributed by atoms with van der Waals surface area (Å²) in [6.07, 6.45) is -3.00. The van der Waals surface area contributed by atoms with Crippen LogP contribution in [0.1, 0.15) is 18.9 Å². The minimum absolute atomic E-state index is 0.253. The van der Waals surface area contributed by atoms with E-state index in [0.29, 0.717) is 13.0 Å². The zero-order chi connectivity index (χ0) is 18.0. The summed E-state index contributed by atoms with van der Waals surface area (Å²) in [5, 5.41) is 9.33. The van der Waals surface area contributed by atoms with E-state index >= 15 is 4.39 Å². The molecule has 1 amide bonds. The summed E-state index contributed by atoms with van der Waals surface area (Å²) in [7, 11) is 1.39. The molecule has 6 nitrogen and oxygen atoms in total. The molecule has 136 valence electrons. The molecule has 0 aromatic heterocycles. The first kappa shape index (κ1) is 18.2. The average Bonchev–Trinajstić information content (AvgIpc) is 3.05. The van der Waals surface area contributed by atoms with Crippen LogP contribution in [0.5, 0.6) is 0 Å². The Kier molecular flexibility index (Phi) is 5.61. The maximum absolute atomic E-state index is 15.1. The highest BCUT2D eigenvalue weighted by atomic mass is 32.2. The molecule has 1 saturated heterocycles. The van der Waals surface area contributed by atoms with E-state index in [-0.39, 0.29) is 5.17 Å². The van der Waals surface area contributed by atoms with Crippen molar-refractivity contribution >= 4 is 23.0 Å². The predicted molar refractivity (Wildman–Crippen MR) is 93.5 cm³/mol. The Morgan fingerprint density at radius 1 is 1.44 bits per heavy atom. The molecular formula is C17H21FN2O4S. The van der Waals surface area contributed by atoms with Crippen molar-refractivity contribution in [2.24, 2.45) is 4.99 Å². The van der Waals surface area contributed by atoms with Gasteiger partial charge >= 0.3 is 6.09 Å². The quantitative estimate of drug-likeness (QED) is 0.884. The molecule has 0 aliphatic carbocycles. The van der Waals surface area contributed by atoms with Gasteiger partial charge in [0, 0.05) is 7.05 Å². The van der Waals surface area contributed by atoms with Gasteiger partial charge in [0.1, 0.15) is 17.6 Å². The Hall–Kier alpha value is -1.64. The molecular weight excluding hydrogens is 347 g/mol. The van der Waals surface area contributed by atoms with Gasteiger partial charge in [-0.15, -0.1) is 0 Å². The van der Waals surface area contributed by atoms with Gasteiger partial charge in [-0.05, 0) is 12.0 Å². The molecule has 1 aromatic carbocycles. The topological polar surface area (TPSA) is 71.4 Å². The van der Waals surface area contributed by atoms with Crippen molar-refractivity contribution in [1.82, 2.24) is 4.90 Å². The zero-order valence-corrected chi connectivity index (χ0v) is 14.9. The van der Waals surface area contributed by atoms with E-state index in [1.807, 2.05) is 37.3 Å². The number of nitrogens with zero attached hydrogens (tertiary/aromatic N) is 2. The van der Waals surface area contributed by atoms with Gasteiger partial charge < -0.3 is 14.6 Å². The van der Waals surface area contributed by atoms with E-state index in [4.69, 9.17) is 14.6 Å². The van der Waals surface area contributed by atoms with Gasteiger partial charge in [0.05, 0.1) is 12.7 Å². The number of amides is 1. The fourth-order valence-corrected chi connectivity index (χ4v) is 4.09. The molecule has 0 bridgehead atoms. The summed E-state index contributed by atoms with van der Waals surface area (Å²) in [5.41, 5.74) is 0.440. The Balaban J connectivity index is 1.72. The third kappa shape index (κ3) is 3.80. The van der Waals surface area contributed by atoms with Crippen LogP contribution in [-0.2, 0) is 16.1 Å². The Morgan fingerprint density at radius 2 is 2.16 bits per heavy atom. The molecule has 5 atom stereocenters. The summed E-state index contributed by atoms with van der Waals surface area (Å²) < 4.78 is 26.9. The van der Waals surface area contributed by atoms with Gasteiger partial charge in [-0.1, -0.05) is 49.0 Å². The van der Waals surface area contributed by atoms with Crippen LogP contribution >= 0.6 is 11.8 Å². The summed E-state index contributed by atoms with van der Waals surface area (Å²) in [4.78, 5) is 16.3. The van der Waals surface area contributed by atoms with Crippen molar-refractivity contribution < 1.29 is 23.8 Å². The lowest BCUT2D eigenvalue weighted by molar-refractivity contribution is -0.160. The van der Waals surface area contributed by atoms with Crippen molar-refractivity contribution in [2.45, 2.75) is 49.8 Å². The standard InChI is InChI=1S/C17H21FN2O4S/c1-3-11-14(23-9-10-7-5-4-6-8-10)12(18)13-15(24-11)25-16(19-13)20(2)17(21)22/h4-8,11-15H,3,9H2,1-2H3,(H,21,22)/t11-,12+,13-,14-,15-/m1/s1. The third-order valence-corrected chi connectivity index (χ3v) is 5.55. The van der Waals surface area contributed by atoms with E-state index in [2.05, 4.69) is 4.99 Å². The Labute approximate surface area is 150 Å². The highest BCUT2D eigenvalue weighted by Gasteiger charge is 2.50. The van der Waals surface area contributed by atoms with Gasteiger partial charge in [-0.2, -0.15) is 0 Å². The van der Waals surface area contributed by atoms with Crippen molar-refractivity contribution in [3.05, 3.63) is 35.9 Å². The molecule has 25 heavy (non-hydrogen) atoms. The number of fused-ring (bicyclic) bond motifs is 1. The number of thioether (sulfide) groups is 1. The number of benzene rings is 1. The fraction of sp³-hybridized carbons (Fsp3) is 0.529. The summed E-state index contributed by atoms with van der Waals surface area (Å²) in [6.45, 7) is 2.21.